The molecule has 0 amide bonds. The van der Waals surface area contributed by atoms with Gasteiger partial charge in [0.05, 0.1) is 0 Å². The summed E-state index contributed by atoms with van der Waals surface area (Å²) in [5, 5.41) is 8.31. The molecule has 0 aliphatic rings. The topological polar surface area (TPSA) is 53.1 Å². The number of carbonyl (C=O) groups is 1. The summed E-state index contributed by atoms with van der Waals surface area (Å²) in [4.78, 5) is 12.6. The quantitative estimate of drug-likeness (QED) is 0.492. The highest BCUT2D eigenvalue weighted by Crippen LogP contribution is 1.88. The van der Waals surface area contributed by atoms with Crippen molar-refractivity contribution in [3.63, 3.8) is 0 Å². The van der Waals surface area contributed by atoms with E-state index in [0.717, 1.165) is 0 Å². The van der Waals surface area contributed by atoms with Gasteiger partial charge in [-0.05, 0) is 12.3 Å². The molecule has 0 aliphatic carbocycles. The van der Waals surface area contributed by atoms with Gasteiger partial charge in [-0.3, -0.25) is 0 Å². The molecular weight excluding hydrogens is 117 g/mol. The van der Waals surface area contributed by atoms with Crippen LogP contribution in [-0.2, 0) is 0 Å². The van der Waals surface area contributed by atoms with E-state index in [9.17, 15) is 4.79 Å². The van der Waals surface area contributed by atoms with Gasteiger partial charge in [-0.25, -0.2) is 4.79 Å². The van der Waals surface area contributed by atoms with Crippen LogP contribution in [0.4, 0.5) is 0 Å². The van der Waals surface area contributed by atoms with Crippen molar-refractivity contribution >= 4 is 19.3 Å². The lowest BCUT2D eigenvalue weighted by Gasteiger charge is -1.81. The Bertz CT molecular complexity index is 231. The van der Waals surface area contributed by atoms with Gasteiger partial charge in [-0.1, -0.05) is 5.46 Å². The molecule has 0 spiro atoms. The molecule has 0 bridgehead atoms. The monoisotopic (exact) mass is 121 g/mol. The number of aromatic nitrogens is 1. The molecule has 1 aromatic heterocycles. The Morgan fingerprint density at radius 3 is 2.67 bits per heavy atom. The van der Waals surface area contributed by atoms with Crippen molar-refractivity contribution in [3.05, 3.63) is 18.0 Å². The van der Waals surface area contributed by atoms with Gasteiger partial charge in [-0.2, -0.15) is 0 Å². The molecule has 1 heterocycles. The average Bonchev–Trinajstić information content (AvgIpc) is 2.14. The molecule has 0 fully saturated rings. The molecule has 0 aromatic carbocycles. The minimum Gasteiger partial charge on any atom is -0.477 e. The van der Waals surface area contributed by atoms with Crippen LogP contribution in [0.25, 0.3) is 0 Å². The zero-order valence-corrected chi connectivity index (χ0v) is 4.59. The molecular formula is C5H4BNO2. The van der Waals surface area contributed by atoms with E-state index in [-0.39, 0.29) is 5.69 Å². The third-order valence-corrected chi connectivity index (χ3v) is 0.936. The van der Waals surface area contributed by atoms with E-state index in [0.29, 0.717) is 5.46 Å². The van der Waals surface area contributed by atoms with Gasteiger partial charge in [-0.15, -0.1) is 0 Å². The van der Waals surface area contributed by atoms with Crippen molar-refractivity contribution in [2.75, 3.05) is 0 Å². The SMILES string of the molecule is [B]c1c[nH]c(C(=O)O)c1. The smallest absolute Gasteiger partial charge is 0.352 e. The van der Waals surface area contributed by atoms with E-state index in [1.165, 1.54) is 12.3 Å². The average molecular weight is 121 g/mol. The number of carboxylic acid groups (broad SMARTS) is 1. The van der Waals surface area contributed by atoms with E-state index in [2.05, 4.69) is 4.98 Å². The number of carboxylic acids is 1. The second-order valence-electron chi connectivity index (χ2n) is 1.65. The lowest BCUT2D eigenvalue weighted by atomic mass is 10.0. The van der Waals surface area contributed by atoms with Crippen LogP contribution in [0.5, 0.6) is 0 Å². The highest BCUT2D eigenvalue weighted by molar-refractivity contribution is 6.32. The third-order valence-electron chi connectivity index (χ3n) is 0.936. The predicted octanol–water partition coefficient (Wildman–Crippen LogP) is -0.493. The van der Waals surface area contributed by atoms with Crippen molar-refractivity contribution in [2.24, 2.45) is 0 Å². The first kappa shape index (κ1) is 5.94. The van der Waals surface area contributed by atoms with E-state index in [1.54, 1.807) is 0 Å². The van der Waals surface area contributed by atoms with Crippen molar-refractivity contribution in [1.29, 1.82) is 0 Å². The summed E-state index contributed by atoms with van der Waals surface area (Å²) in [6, 6.07) is 1.36. The third kappa shape index (κ3) is 1.13. The van der Waals surface area contributed by atoms with E-state index in [1.807, 2.05) is 0 Å². The fourth-order valence-corrected chi connectivity index (χ4v) is 0.535. The van der Waals surface area contributed by atoms with Gasteiger partial charge in [0.1, 0.15) is 13.5 Å². The molecule has 4 heteroatoms. The van der Waals surface area contributed by atoms with Crippen molar-refractivity contribution in [1.82, 2.24) is 4.98 Å². The van der Waals surface area contributed by atoms with Gasteiger partial charge in [0.25, 0.3) is 0 Å². The van der Waals surface area contributed by atoms with Crippen LogP contribution < -0.4 is 5.46 Å². The highest BCUT2D eigenvalue weighted by atomic mass is 16.4. The zero-order chi connectivity index (χ0) is 6.85. The molecule has 1 aromatic rings. The maximum atomic E-state index is 10.1. The standard InChI is InChI=1S/C5H4BNO2/c6-3-1-4(5(8)9)7-2-3/h1-2,7H,(H,8,9). The number of H-pyrrole nitrogens is 1. The Kier molecular flexibility index (Phi) is 1.30. The van der Waals surface area contributed by atoms with Crippen LogP contribution in [-0.4, -0.2) is 23.9 Å². The fraction of sp³-hybridized carbons (Fsp3) is 0. The summed E-state index contributed by atoms with van der Waals surface area (Å²) in [6.45, 7) is 0. The van der Waals surface area contributed by atoms with Gasteiger partial charge in [0.2, 0.25) is 0 Å². The van der Waals surface area contributed by atoms with Gasteiger partial charge in [0.15, 0.2) is 0 Å². The fourth-order valence-electron chi connectivity index (χ4n) is 0.535. The molecule has 0 atom stereocenters. The summed E-state index contributed by atoms with van der Waals surface area (Å²) < 4.78 is 0. The molecule has 0 aliphatic heterocycles. The molecule has 2 N–H and O–H groups in total. The molecule has 0 saturated carbocycles. The van der Waals surface area contributed by atoms with Gasteiger partial charge >= 0.3 is 5.97 Å². The molecule has 3 nitrogen and oxygen atoms in total. The number of rotatable bonds is 1. The predicted molar refractivity (Wildman–Crippen MR) is 33.1 cm³/mol. The minimum absolute atomic E-state index is 0.118. The molecule has 0 saturated heterocycles. The van der Waals surface area contributed by atoms with E-state index >= 15 is 0 Å². The maximum absolute atomic E-state index is 10.1. The second kappa shape index (κ2) is 1.97. The first-order valence-electron chi connectivity index (χ1n) is 2.37. The number of nitrogens with one attached hydrogen (secondary N) is 1. The maximum Gasteiger partial charge on any atom is 0.352 e. The summed E-state index contributed by atoms with van der Waals surface area (Å²) >= 11 is 0. The summed E-state index contributed by atoms with van der Waals surface area (Å²) in [5.41, 5.74) is 0.555. The van der Waals surface area contributed by atoms with E-state index < -0.39 is 5.97 Å². The summed E-state index contributed by atoms with van der Waals surface area (Å²) in [5.74, 6) is -0.994. The number of hydrogen-bond donors (Lipinski definition) is 2. The van der Waals surface area contributed by atoms with Crippen LogP contribution in [0.15, 0.2) is 12.3 Å². The second-order valence-corrected chi connectivity index (χ2v) is 1.65. The van der Waals surface area contributed by atoms with E-state index in [4.69, 9.17) is 13.0 Å². The van der Waals surface area contributed by atoms with Crippen LogP contribution in [0, 0.1) is 0 Å². The Balaban J connectivity index is 2.98. The number of hydrogen-bond acceptors (Lipinski definition) is 1. The normalized spacial score (nSPS) is 9.33. The largest absolute Gasteiger partial charge is 0.477 e. The first-order chi connectivity index (χ1) is 4.20. The zero-order valence-electron chi connectivity index (χ0n) is 4.59. The van der Waals surface area contributed by atoms with Crippen molar-refractivity contribution < 1.29 is 9.90 Å². The van der Waals surface area contributed by atoms with Crippen molar-refractivity contribution in [3.8, 4) is 0 Å². The Morgan fingerprint density at radius 1 is 1.78 bits per heavy atom. The van der Waals surface area contributed by atoms with Gasteiger partial charge < -0.3 is 10.1 Å². The van der Waals surface area contributed by atoms with Crippen LogP contribution in [0.2, 0.25) is 0 Å². The number of aromatic carboxylic acids is 1. The Hall–Kier alpha value is -1.19. The van der Waals surface area contributed by atoms with Crippen LogP contribution in [0.3, 0.4) is 0 Å². The van der Waals surface area contributed by atoms with Crippen LogP contribution in [0.1, 0.15) is 10.5 Å². The minimum atomic E-state index is -0.994. The number of aromatic amines is 1. The molecule has 44 valence electrons. The molecule has 0 unspecified atom stereocenters. The summed E-state index contributed by atoms with van der Waals surface area (Å²) in [6.07, 6.45) is 1.43. The first-order valence-corrected chi connectivity index (χ1v) is 2.37. The molecule has 1 rings (SSSR count). The molecule has 2 radical (unpaired) electrons. The Morgan fingerprint density at radius 2 is 2.44 bits per heavy atom. The van der Waals surface area contributed by atoms with Gasteiger partial charge in [0, 0.05) is 0 Å². The van der Waals surface area contributed by atoms with Crippen LogP contribution >= 0.6 is 0 Å². The lowest BCUT2D eigenvalue weighted by Crippen LogP contribution is -1.97. The highest BCUT2D eigenvalue weighted by Gasteiger charge is 2.01. The summed E-state index contributed by atoms with van der Waals surface area (Å²) in [7, 11) is 5.22. The molecule has 9 heavy (non-hydrogen) atoms. The Labute approximate surface area is 53.1 Å². The lowest BCUT2D eigenvalue weighted by molar-refractivity contribution is 0.0691. The van der Waals surface area contributed by atoms with Crippen molar-refractivity contribution in [2.45, 2.75) is 0 Å².